The molecule has 14 heavy (non-hydrogen) atoms. The van der Waals surface area contributed by atoms with E-state index in [-0.39, 0.29) is 0 Å². The molecule has 1 aromatic rings. The smallest absolute Gasteiger partial charge is 0.180 e. The Morgan fingerprint density at radius 3 is 3.14 bits per heavy atom. The van der Waals surface area contributed by atoms with Gasteiger partial charge in [-0.15, -0.1) is 0 Å². The number of hydrogen-bond donors (Lipinski definition) is 1. The van der Waals surface area contributed by atoms with Crippen molar-refractivity contribution >= 4 is 16.5 Å². The molecule has 3 nitrogen and oxygen atoms in total. The minimum Gasteiger partial charge on any atom is -0.375 e. The first-order valence-electron chi connectivity index (χ1n) is 4.96. The van der Waals surface area contributed by atoms with Gasteiger partial charge in [0.1, 0.15) is 6.10 Å². The Morgan fingerprint density at radius 1 is 1.57 bits per heavy atom. The molecule has 76 valence electrons. The van der Waals surface area contributed by atoms with E-state index in [0.717, 1.165) is 12.8 Å². The van der Waals surface area contributed by atoms with Crippen LogP contribution in [0.25, 0.3) is 0 Å². The summed E-state index contributed by atoms with van der Waals surface area (Å²) in [5, 5.41) is 0.682. The summed E-state index contributed by atoms with van der Waals surface area (Å²) in [7, 11) is 0. The average molecular weight is 210 g/mol. The van der Waals surface area contributed by atoms with Gasteiger partial charge in [0.15, 0.2) is 5.13 Å². The number of ether oxygens (including phenoxy) is 1. The van der Waals surface area contributed by atoms with Crippen LogP contribution < -0.4 is 5.73 Å². The van der Waals surface area contributed by atoms with Crippen LogP contribution in [0.3, 0.4) is 0 Å². The van der Waals surface area contributed by atoms with Crippen LogP contribution in [0.4, 0.5) is 5.13 Å². The molecule has 2 heterocycles. The lowest BCUT2D eigenvalue weighted by atomic mass is 9.84. The molecule has 0 bridgehead atoms. The van der Waals surface area contributed by atoms with E-state index in [1.165, 1.54) is 10.6 Å². The average Bonchev–Trinajstić information content (AvgIpc) is 2.68. The van der Waals surface area contributed by atoms with Gasteiger partial charge in [-0.1, -0.05) is 25.2 Å². The van der Waals surface area contributed by atoms with Crippen molar-refractivity contribution in [3.63, 3.8) is 0 Å². The largest absolute Gasteiger partial charge is 0.375 e. The molecule has 2 aliphatic rings. The summed E-state index contributed by atoms with van der Waals surface area (Å²) in [4.78, 5) is 5.68. The third kappa shape index (κ3) is 1.25. The molecule has 1 aliphatic heterocycles. The molecule has 0 radical (unpaired) electrons. The van der Waals surface area contributed by atoms with E-state index in [0.29, 0.717) is 22.8 Å². The zero-order valence-corrected chi connectivity index (χ0v) is 9.23. The van der Waals surface area contributed by atoms with E-state index in [2.05, 4.69) is 18.8 Å². The molecule has 1 saturated heterocycles. The Hall–Kier alpha value is -0.610. The SMILES string of the molecule is CC1(C)Cc2nc(N)sc2C2OC2C1. The maximum atomic E-state index is 5.73. The van der Waals surface area contributed by atoms with Crippen LogP contribution >= 0.6 is 11.3 Å². The Morgan fingerprint density at radius 2 is 2.36 bits per heavy atom. The van der Waals surface area contributed by atoms with Crippen molar-refractivity contribution in [1.29, 1.82) is 0 Å². The van der Waals surface area contributed by atoms with E-state index in [9.17, 15) is 0 Å². The Kier molecular flexibility index (Phi) is 1.55. The maximum Gasteiger partial charge on any atom is 0.180 e. The second kappa shape index (κ2) is 2.49. The number of rotatable bonds is 0. The number of hydrogen-bond acceptors (Lipinski definition) is 4. The van der Waals surface area contributed by atoms with Gasteiger partial charge >= 0.3 is 0 Å². The number of anilines is 1. The highest BCUT2D eigenvalue weighted by Crippen LogP contribution is 2.52. The predicted octanol–water partition coefficient (Wildman–Crippen LogP) is 2.14. The van der Waals surface area contributed by atoms with Gasteiger partial charge in [-0.3, -0.25) is 0 Å². The minimum atomic E-state index is 0.297. The summed E-state index contributed by atoms with van der Waals surface area (Å²) in [5.74, 6) is 0. The first kappa shape index (κ1) is 8.68. The molecule has 0 saturated carbocycles. The molecule has 4 heteroatoms. The molecular weight excluding hydrogens is 196 g/mol. The van der Waals surface area contributed by atoms with Crippen LogP contribution in [0.2, 0.25) is 0 Å². The van der Waals surface area contributed by atoms with Crippen molar-refractivity contribution in [3.05, 3.63) is 10.6 Å². The second-order valence-electron chi connectivity index (χ2n) is 5.00. The second-order valence-corrected chi connectivity index (χ2v) is 6.07. The van der Waals surface area contributed by atoms with Gasteiger partial charge in [0.05, 0.1) is 16.7 Å². The molecule has 3 rings (SSSR count). The molecular formula is C10H14N2OS. The lowest BCUT2D eigenvalue weighted by Crippen LogP contribution is -2.16. The third-order valence-electron chi connectivity index (χ3n) is 2.98. The van der Waals surface area contributed by atoms with E-state index in [1.54, 1.807) is 11.3 Å². The number of thiazole rings is 1. The van der Waals surface area contributed by atoms with Crippen molar-refractivity contribution in [2.75, 3.05) is 5.73 Å². The number of epoxide rings is 1. The first-order chi connectivity index (χ1) is 6.55. The molecule has 1 aliphatic carbocycles. The van der Waals surface area contributed by atoms with Crippen molar-refractivity contribution in [3.8, 4) is 0 Å². The summed E-state index contributed by atoms with van der Waals surface area (Å²) >= 11 is 1.60. The van der Waals surface area contributed by atoms with Gasteiger partial charge in [0.25, 0.3) is 0 Å². The maximum absolute atomic E-state index is 5.73. The van der Waals surface area contributed by atoms with E-state index in [1.807, 2.05) is 0 Å². The molecule has 1 aromatic heterocycles. The number of nitrogens with two attached hydrogens (primary N) is 1. The van der Waals surface area contributed by atoms with Gasteiger partial charge in [-0.05, 0) is 18.3 Å². The van der Waals surface area contributed by atoms with Gasteiger partial charge in [0, 0.05) is 0 Å². The number of nitrogen functional groups attached to an aromatic ring is 1. The van der Waals surface area contributed by atoms with Crippen LogP contribution in [-0.4, -0.2) is 11.1 Å². The minimum absolute atomic E-state index is 0.297. The summed E-state index contributed by atoms with van der Waals surface area (Å²) < 4.78 is 5.65. The fourth-order valence-electron chi connectivity index (χ4n) is 2.33. The van der Waals surface area contributed by atoms with Crippen molar-refractivity contribution < 1.29 is 4.74 Å². The molecule has 0 amide bonds. The lowest BCUT2D eigenvalue weighted by Gasteiger charge is -2.21. The van der Waals surface area contributed by atoms with Gasteiger partial charge in [-0.2, -0.15) is 0 Å². The highest BCUT2D eigenvalue weighted by Gasteiger charge is 2.48. The summed E-state index contributed by atoms with van der Waals surface area (Å²) in [6.45, 7) is 4.55. The Balaban J connectivity index is 2.06. The standard InChI is InChI=1S/C10H14N2OS/c1-10(2)3-5-8(14-9(11)12-5)7-6(4-10)13-7/h6-7H,3-4H2,1-2H3,(H2,11,12). The van der Waals surface area contributed by atoms with Crippen molar-refractivity contribution in [2.45, 2.75) is 38.9 Å². The monoisotopic (exact) mass is 210 g/mol. The van der Waals surface area contributed by atoms with E-state index >= 15 is 0 Å². The van der Waals surface area contributed by atoms with Gasteiger partial charge in [-0.25, -0.2) is 4.98 Å². The fraction of sp³-hybridized carbons (Fsp3) is 0.700. The van der Waals surface area contributed by atoms with Crippen LogP contribution in [0.5, 0.6) is 0 Å². The quantitative estimate of drug-likeness (QED) is 0.667. The topological polar surface area (TPSA) is 51.4 Å². The van der Waals surface area contributed by atoms with Crippen LogP contribution in [0.15, 0.2) is 0 Å². The molecule has 0 spiro atoms. The number of aromatic nitrogens is 1. The van der Waals surface area contributed by atoms with Gasteiger partial charge in [0.2, 0.25) is 0 Å². The summed E-state index contributed by atoms with van der Waals surface area (Å²) in [5.41, 5.74) is 7.20. The summed E-state index contributed by atoms with van der Waals surface area (Å²) in [6.07, 6.45) is 2.90. The lowest BCUT2D eigenvalue weighted by molar-refractivity contribution is 0.264. The number of nitrogens with zero attached hydrogens (tertiary/aromatic N) is 1. The van der Waals surface area contributed by atoms with Crippen LogP contribution in [0.1, 0.15) is 36.9 Å². The zero-order chi connectivity index (χ0) is 9.92. The Labute approximate surface area is 87.3 Å². The number of fused-ring (bicyclic) bond motifs is 3. The molecule has 2 unspecified atom stereocenters. The normalized spacial score (nSPS) is 33.0. The summed E-state index contributed by atoms with van der Waals surface area (Å²) in [6, 6.07) is 0. The third-order valence-corrected chi connectivity index (χ3v) is 3.97. The van der Waals surface area contributed by atoms with E-state index in [4.69, 9.17) is 10.5 Å². The fourth-order valence-corrected chi connectivity index (χ4v) is 3.27. The zero-order valence-electron chi connectivity index (χ0n) is 8.41. The van der Waals surface area contributed by atoms with Crippen molar-refractivity contribution in [1.82, 2.24) is 4.98 Å². The van der Waals surface area contributed by atoms with Crippen LogP contribution in [0, 0.1) is 5.41 Å². The molecule has 1 fully saturated rings. The molecule has 0 aromatic carbocycles. The molecule has 2 N–H and O–H groups in total. The predicted molar refractivity (Wildman–Crippen MR) is 56.2 cm³/mol. The highest BCUT2D eigenvalue weighted by atomic mass is 32.1. The Bertz CT molecular complexity index is 385. The van der Waals surface area contributed by atoms with Gasteiger partial charge < -0.3 is 10.5 Å². The first-order valence-corrected chi connectivity index (χ1v) is 5.77. The van der Waals surface area contributed by atoms with Crippen molar-refractivity contribution in [2.24, 2.45) is 5.41 Å². The van der Waals surface area contributed by atoms with E-state index < -0.39 is 0 Å². The molecule has 2 atom stereocenters. The highest BCUT2D eigenvalue weighted by molar-refractivity contribution is 7.15. The van der Waals surface area contributed by atoms with Crippen LogP contribution in [-0.2, 0) is 11.2 Å².